The van der Waals surface area contributed by atoms with Gasteiger partial charge in [-0.3, -0.25) is 4.79 Å². The highest BCUT2D eigenvalue weighted by Gasteiger charge is 2.46. The lowest BCUT2D eigenvalue weighted by Gasteiger charge is -2.41. The highest BCUT2D eigenvalue weighted by Crippen LogP contribution is 2.46. The maximum atomic E-state index is 12.5. The molecule has 1 aliphatic carbocycles. The molecule has 1 aromatic carbocycles. The minimum absolute atomic E-state index is 0.0941. The third-order valence-corrected chi connectivity index (χ3v) is 4.31. The first-order valence-electron chi connectivity index (χ1n) is 6.69. The monoisotopic (exact) mass is 299 g/mol. The van der Waals surface area contributed by atoms with Gasteiger partial charge in [-0.2, -0.15) is 0 Å². The first-order valence-corrected chi connectivity index (χ1v) is 7.45. The molecule has 1 amide bonds. The van der Waals surface area contributed by atoms with Gasteiger partial charge in [0.2, 0.25) is 5.91 Å². The van der Waals surface area contributed by atoms with Gasteiger partial charge in [-0.05, 0) is 36.5 Å². The van der Waals surface area contributed by atoms with Crippen LogP contribution in [0.4, 0.5) is 0 Å². The smallest absolute Gasteiger partial charge is 0.230 e. The maximum absolute atomic E-state index is 12.5. The summed E-state index contributed by atoms with van der Waals surface area (Å²) in [5.41, 5.74) is 0.461. The highest BCUT2D eigenvalue weighted by atomic mass is 35.5. The summed E-state index contributed by atoms with van der Waals surface area (Å²) < 4.78 is 0. The average molecular weight is 300 g/mol. The minimum atomic E-state index is -0.448. The quantitative estimate of drug-likeness (QED) is 0.887. The Morgan fingerprint density at radius 3 is 2.53 bits per heavy atom. The summed E-state index contributed by atoms with van der Waals surface area (Å²) in [6.07, 6.45) is 2.78. The second kappa shape index (κ2) is 5.72. The summed E-state index contributed by atoms with van der Waals surface area (Å²) in [5.74, 6) is 0.540. The third-order valence-electron chi connectivity index (χ3n) is 3.76. The molecule has 0 radical (unpaired) electrons. The second-order valence-corrected chi connectivity index (χ2v) is 6.51. The van der Waals surface area contributed by atoms with Crippen molar-refractivity contribution in [2.24, 2.45) is 5.92 Å². The van der Waals surface area contributed by atoms with E-state index in [1.807, 2.05) is 6.07 Å². The molecule has 0 heterocycles. The average Bonchev–Trinajstić information content (AvgIpc) is 2.27. The Kier molecular flexibility index (Phi) is 4.42. The summed E-state index contributed by atoms with van der Waals surface area (Å²) >= 11 is 12.2. The van der Waals surface area contributed by atoms with Gasteiger partial charge < -0.3 is 5.32 Å². The SMILES string of the molecule is CC(C)CNC(=O)C1(c2ccc(Cl)cc2Cl)CCC1. The number of hydrogen-bond acceptors (Lipinski definition) is 1. The van der Waals surface area contributed by atoms with Crippen LogP contribution < -0.4 is 5.32 Å². The topological polar surface area (TPSA) is 29.1 Å². The van der Waals surface area contributed by atoms with Crippen LogP contribution in [0.15, 0.2) is 18.2 Å². The van der Waals surface area contributed by atoms with Crippen molar-refractivity contribution in [2.45, 2.75) is 38.5 Å². The van der Waals surface area contributed by atoms with E-state index in [9.17, 15) is 4.79 Å². The molecule has 1 aromatic rings. The summed E-state index contributed by atoms with van der Waals surface area (Å²) in [6.45, 7) is 4.87. The molecule has 0 atom stereocenters. The van der Waals surface area contributed by atoms with E-state index >= 15 is 0 Å². The number of amides is 1. The van der Waals surface area contributed by atoms with Crippen LogP contribution in [0.1, 0.15) is 38.7 Å². The van der Waals surface area contributed by atoms with Gasteiger partial charge >= 0.3 is 0 Å². The Labute approximate surface area is 124 Å². The lowest BCUT2D eigenvalue weighted by Crippen LogP contribution is -2.50. The molecule has 0 saturated heterocycles. The summed E-state index contributed by atoms with van der Waals surface area (Å²) in [4.78, 5) is 12.5. The second-order valence-electron chi connectivity index (χ2n) is 5.66. The van der Waals surface area contributed by atoms with Crippen molar-refractivity contribution in [3.8, 4) is 0 Å². The molecule has 0 unspecified atom stereocenters. The predicted octanol–water partition coefficient (Wildman–Crippen LogP) is 4.19. The number of hydrogen-bond donors (Lipinski definition) is 1. The van der Waals surface area contributed by atoms with E-state index in [2.05, 4.69) is 19.2 Å². The normalized spacial score (nSPS) is 17.1. The number of rotatable bonds is 4. The summed E-state index contributed by atoms with van der Waals surface area (Å²) in [6, 6.07) is 5.41. The molecular formula is C15H19Cl2NO. The lowest BCUT2D eigenvalue weighted by atomic mass is 9.63. The number of halogens is 2. The molecule has 1 saturated carbocycles. The van der Waals surface area contributed by atoms with Crippen molar-refractivity contribution < 1.29 is 4.79 Å². The first-order chi connectivity index (χ1) is 8.95. The number of carbonyl (C=O) groups is 1. The van der Waals surface area contributed by atoms with E-state index in [0.29, 0.717) is 22.5 Å². The summed E-state index contributed by atoms with van der Waals surface area (Å²) in [7, 11) is 0. The van der Waals surface area contributed by atoms with Crippen LogP contribution in [-0.4, -0.2) is 12.5 Å². The van der Waals surface area contributed by atoms with Crippen LogP contribution >= 0.6 is 23.2 Å². The number of nitrogens with one attached hydrogen (secondary N) is 1. The Balaban J connectivity index is 2.24. The van der Waals surface area contributed by atoms with Crippen LogP contribution in [0.25, 0.3) is 0 Å². The van der Waals surface area contributed by atoms with Crippen LogP contribution in [0.2, 0.25) is 10.0 Å². The van der Waals surface area contributed by atoms with Crippen LogP contribution in [0, 0.1) is 5.92 Å². The molecular weight excluding hydrogens is 281 g/mol. The zero-order valence-corrected chi connectivity index (χ0v) is 12.8. The molecule has 19 heavy (non-hydrogen) atoms. The lowest BCUT2D eigenvalue weighted by molar-refractivity contribution is -0.130. The summed E-state index contributed by atoms with van der Waals surface area (Å²) in [5, 5.41) is 4.23. The van der Waals surface area contributed by atoms with E-state index < -0.39 is 5.41 Å². The van der Waals surface area contributed by atoms with Gasteiger partial charge in [0, 0.05) is 16.6 Å². The van der Waals surface area contributed by atoms with Gasteiger partial charge in [0.05, 0.1) is 5.41 Å². The molecule has 0 aliphatic heterocycles. The number of carbonyl (C=O) groups excluding carboxylic acids is 1. The largest absolute Gasteiger partial charge is 0.355 e. The van der Waals surface area contributed by atoms with Crippen molar-refractivity contribution >= 4 is 29.1 Å². The first kappa shape index (κ1) is 14.7. The van der Waals surface area contributed by atoms with Gasteiger partial charge in [-0.1, -0.05) is 49.5 Å². The zero-order valence-electron chi connectivity index (χ0n) is 11.3. The van der Waals surface area contributed by atoms with E-state index in [1.165, 1.54) is 0 Å². The highest BCUT2D eigenvalue weighted by molar-refractivity contribution is 6.35. The number of benzene rings is 1. The Morgan fingerprint density at radius 1 is 1.37 bits per heavy atom. The molecule has 4 heteroatoms. The van der Waals surface area contributed by atoms with Gasteiger partial charge in [0.15, 0.2) is 0 Å². The standard InChI is InChI=1S/C15H19Cl2NO/c1-10(2)9-18-14(19)15(6-3-7-15)12-5-4-11(16)8-13(12)17/h4-5,8,10H,3,6-7,9H2,1-2H3,(H,18,19). The van der Waals surface area contributed by atoms with E-state index in [-0.39, 0.29) is 5.91 Å². The molecule has 1 fully saturated rings. The molecule has 1 N–H and O–H groups in total. The van der Waals surface area contributed by atoms with Crippen LogP contribution in [0.5, 0.6) is 0 Å². The molecule has 0 aromatic heterocycles. The molecule has 104 valence electrons. The maximum Gasteiger partial charge on any atom is 0.230 e. The molecule has 1 aliphatic rings. The molecule has 2 rings (SSSR count). The van der Waals surface area contributed by atoms with Crippen molar-refractivity contribution in [2.75, 3.05) is 6.54 Å². The van der Waals surface area contributed by atoms with Gasteiger partial charge in [-0.25, -0.2) is 0 Å². The van der Waals surface area contributed by atoms with E-state index in [4.69, 9.17) is 23.2 Å². The van der Waals surface area contributed by atoms with Crippen molar-refractivity contribution in [1.29, 1.82) is 0 Å². The minimum Gasteiger partial charge on any atom is -0.355 e. The van der Waals surface area contributed by atoms with Gasteiger partial charge in [0.25, 0.3) is 0 Å². The van der Waals surface area contributed by atoms with Crippen molar-refractivity contribution in [3.63, 3.8) is 0 Å². The van der Waals surface area contributed by atoms with Crippen molar-refractivity contribution in [1.82, 2.24) is 5.32 Å². The van der Waals surface area contributed by atoms with Gasteiger partial charge in [0.1, 0.15) is 0 Å². The molecule has 2 nitrogen and oxygen atoms in total. The van der Waals surface area contributed by atoms with Crippen LogP contribution in [0.3, 0.4) is 0 Å². The predicted molar refractivity (Wildman–Crippen MR) is 79.8 cm³/mol. The third kappa shape index (κ3) is 2.90. The van der Waals surface area contributed by atoms with Crippen LogP contribution in [-0.2, 0) is 10.2 Å². The Morgan fingerprint density at radius 2 is 2.05 bits per heavy atom. The zero-order chi connectivity index (χ0) is 14.0. The van der Waals surface area contributed by atoms with Gasteiger partial charge in [-0.15, -0.1) is 0 Å². The fraction of sp³-hybridized carbons (Fsp3) is 0.533. The fourth-order valence-corrected chi connectivity index (χ4v) is 3.08. The Bertz CT molecular complexity index is 481. The van der Waals surface area contributed by atoms with Crippen molar-refractivity contribution in [3.05, 3.63) is 33.8 Å². The fourth-order valence-electron chi connectivity index (χ4n) is 2.49. The van der Waals surface area contributed by atoms with E-state index in [1.54, 1.807) is 12.1 Å². The van der Waals surface area contributed by atoms with E-state index in [0.717, 1.165) is 24.8 Å². The molecule has 0 bridgehead atoms. The molecule has 0 spiro atoms. The Hall–Kier alpha value is -0.730.